The average Bonchev–Trinajstić information content (AvgIpc) is 3.18. The van der Waals surface area contributed by atoms with Gasteiger partial charge < -0.3 is 9.80 Å². The van der Waals surface area contributed by atoms with E-state index in [0.29, 0.717) is 11.8 Å². The third kappa shape index (κ3) is 3.25. The molecule has 23 heavy (non-hydrogen) atoms. The van der Waals surface area contributed by atoms with E-state index in [9.17, 15) is 4.79 Å². The van der Waals surface area contributed by atoms with Gasteiger partial charge in [-0.3, -0.25) is 4.79 Å². The molecular formula is C18H24BrN3O. The minimum atomic E-state index is 0.381. The van der Waals surface area contributed by atoms with E-state index in [0.717, 1.165) is 54.7 Å². The normalized spacial score (nSPS) is 30.0. The molecule has 2 heterocycles. The van der Waals surface area contributed by atoms with Crippen LogP contribution >= 0.6 is 15.9 Å². The summed E-state index contributed by atoms with van der Waals surface area (Å²) in [5, 5.41) is 0. The van der Waals surface area contributed by atoms with Gasteiger partial charge in [-0.05, 0) is 65.1 Å². The van der Waals surface area contributed by atoms with Crippen LogP contribution in [0.25, 0.3) is 0 Å². The second-order valence-electron chi connectivity index (χ2n) is 7.34. The molecule has 1 amide bonds. The molecule has 1 aromatic heterocycles. The lowest BCUT2D eigenvalue weighted by Gasteiger charge is -2.36. The van der Waals surface area contributed by atoms with Gasteiger partial charge in [-0.25, -0.2) is 4.98 Å². The number of rotatable bonds is 3. The van der Waals surface area contributed by atoms with E-state index in [1.807, 2.05) is 18.3 Å². The first-order valence-corrected chi connectivity index (χ1v) is 9.62. The van der Waals surface area contributed by atoms with E-state index in [4.69, 9.17) is 0 Å². The highest BCUT2D eigenvalue weighted by atomic mass is 79.9. The molecule has 2 aliphatic carbocycles. The van der Waals surface area contributed by atoms with Gasteiger partial charge in [0.2, 0.25) is 5.91 Å². The molecule has 124 valence electrons. The van der Waals surface area contributed by atoms with Gasteiger partial charge in [-0.2, -0.15) is 0 Å². The number of fused-ring (bicyclic) bond motifs is 2. The van der Waals surface area contributed by atoms with Crippen LogP contribution in [0.5, 0.6) is 0 Å². The lowest BCUT2D eigenvalue weighted by molar-refractivity contribution is -0.132. The molecule has 1 aliphatic heterocycles. The zero-order valence-electron chi connectivity index (χ0n) is 13.5. The topological polar surface area (TPSA) is 36.4 Å². The second-order valence-corrected chi connectivity index (χ2v) is 8.26. The van der Waals surface area contributed by atoms with E-state index < -0.39 is 0 Å². The second kappa shape index (κ2) is 6.42. The summed E-state index contributed by atoms with van der Waals surface area (Å²) in [5.74, 6) is 3.84. The average molecular weight is 378 g/mol. The Bertz CT molecular complexity index is 568. The predicted molar refractivity (Wildman–Crippen MR) is 94.3 cm³/mol. The van der Waals surface area contributed by atoms with Crippen molar-refractivity contribution in [1.29, 1.82) is 0 Å². The summed E-state index contributed by atoms with van der Waals surface area (Å²) in [5.41, 5.74) is 0. The number of nitrogens with zero attached hydrogens (tertiary/aromatic N) is 3. The van der Waals surface area contributed by atoms with Crippen molar-refractivity contribution in [2.24, 2.45) is 17.8 Å². The number of pyridine rings is 1. The predicted octanol–water partition coefficient (Wildman–Crippen LogP) is 3.32. The van der Waals surface area contributed by atoms with Crippen LogP contribution in [0.4, 0.5) is 5.82 Å². The first kappa shape index (κ1) is 15.4. The Morgan fingerprint density at radius 1 is 1.17 bits per heavy atom. The summed E-state index contributed by atoms with van der Waals surface area (Å²) in [6, 6.07) is 4.06. The number of halogens is 1. The van der Waals surface area contributed by atoms with Gasteiger partial charge in [-0.1, -0.05) is 6.42 Å². The minimum absolute atomic E-state index is 0.381. The first-order valence-electron chi connectivity index (χ1n) is 8.83. The van der Waals surface area contributed by atoms with Crippen LogP contribution in [0.15, 0.2) is 22.8 Å². The van der Waals surface area contributed by atoms with Crippen molar-refractivity contribution in [3.8, 4) is 0 Å². The maximum Gasteiger partial charge on any atom is 0.222 e. The van der Waals surface area contributed by atoms with Crippen molar-refractivity contribution >= 4 is 27.7 Å². The summed E-state index contributed by atoms with van der Waals surface area (Å²) in [6.07, 6.45) is 8.10. The van der Waals surface area contributed by atoms with Crippen molar-refractivity contribution in [2.75, 3.05) is 31.1 Å². The standard InChI is InChI=1S/C18H24BrN3O/c19-16-3-4-17(20-12-16)21-5-7-22(8-6-21)18(23)11-15-10-13-1-2-14(15)9-13/h3-4,12-15H,1-2,5-11H2. The number of anilines is 1. The van der Waals surface area contributed by atoms with E-state index in [2.05, 4.69) is 30.7 Å². The van der Waals surface area contributed by atoms with E-state index in [-0.39, 0.29) is 0 Å². The monoisotopic (exact) mass is 377 g/mol. The Balaban J connectivity index is 1.29. The fraction of sp³-hybridized carbons (Fsp3) is 0.667. The maximum atomic E-state index is 12.6. The molecule has 5 heteroatoms. The number of aromatic nitrogens is 1. The van der Waals surface area contributed by atoms with E-state index in [1.165, 1.54) is 25.7 Å². The van der Waals surface area contributed by atoms with Gasteiger partial charge in [0, 0.05) is 43.3 Å². The fourth-order valence-electron chi connectivity index (χ4n) is 4.72. The molecule has 4 nitrogen and oxygen atoms in total. The van der Waals surface area contributed by atoms with Crippen LogP contribution in [0.1, 0.15) is 32.1 Å². The third-order valence-corrected chi connectivity index (χ3v) is 6.46. The first-order chi connectivity index (χ1) is 11.2. The zero-order chi connectivity index (χ0) is 15.8. The Morgan fingerprint density at radius 3 is 2.61 bits per heavy atom. The summed E-state index contributed by atoms with van der Waals surface area (Å²) in [6.45, 7) is 3.43. The zero-order valence-corrected chi connectivity index (χ0v) is 15.0. The highest BCUT2D eigenvalue weighted by Gasteiger charge is 2.40. The van der Waals surface area contributed by atoms with Gasteiger partial charge in [0.15, 0.2) is 0 Å². The van der Waals surface area contributed by atoms with Gasteiger partial charge in [-0.15, -0.1) is 0 Å². The van der Waals surface area contributed by atoms with Gasteiger partial charge in [0.25, 0.3) is 0 Å². The van der Waals surface area contributed by atoms with Crippen molar-refractivity contribution in [3.63, 3.8) is 0 Å². The molecule has 1 aromatic rings. The molecule has 4 rings (SSSR count). The smallest absolute Gasteiger partial charge is 0.222 e. The van der Waals surface area contributed by atoms with Crippen molar-refractivity contribution in [3.05, 3.63) is 22.8 Å². The number of carbonyl (C=O) groups is 1. The lowest BCUT2D eigenvalue weighted by Crippen LogP contribution is -2.49. The highest BCUT2D eigenvalue weighted by Crippen LogP contribution is 2.49. The summed E-state index contributed by atoms with van der Waals surface area (Å²) >= 11 is 3.42. The molecule has 3 atom stereocenters. The highest BCUT2D eigenvalue weighted by molar-refractivity contribution is 9.10. The SMILES string of the molecule is O=C(CC1CC2CCC1C2)N1CCN(c2ccc(Br)cn2)CC1. The van der Waals surface area contributed by atoms with Crippen molar-refractivity contribution in [1.82, 2.24) is 9.88 Å². The molecule has 3 unspecified atom stereocenters. The third-order valence-electron chi connectivity index (χ3n) is 5.99. The van der Waals surface area contributed by atoms with E-state index >= 15 is 0 Å². The number of hydrogen-bond acceptors (Lipinski definition) is 3. The molecule has 0 aromatic carbocycles. The number of piperazine rings is 1. The summed E-state index contributed by atoms with van der Waals surface area (Å²) in [4.78, 5) is 21.4. The van der Waals surface area contributed by atoms with Crippen LogP contribution in [0.3, 0.4) is 0 Å². The molecule has 1 saturated heterocycles. The number of amides is 1. The van der Waals surface area contributed by atoms with Crippen LogP contribution in [-0.4, -0.2) is 42.0 Å². The molecule has 3 fully saturated rings. The van der Waals surface area contributed by atoms with Crippen LogP contribution < -0.4 is 4.90 Å². The molecule has 2 saturated carbocycles. The molecule has 0 N–H and O–H groups in total. The van der Waals surface area contributed by atoms with Crippen LogP contribution in [-0.2, 0) is 4.79 Å². The fourth-order valence-corrected chi connectivity index (χ4v) is 4.95. The molecular weight excluding hydrogens is 354 g/mol. The number of carbonyl (C=O) groups excluding carboxylic acids is 1. The van der Waals surface area contributed by atoms with Gasteiger partial charge in [0.05, 0.1) is 0 Å². The van der Waals surface area contributed by atoms with Gasteiger partial charge in [0.1, 0.15) is 5.82 Å². The largest absolute Gasteiger partial charge is 0.353 e. The molecule has 2 bridgehead atoms. The van der Waals surface area contributed by atoms with Crippen LogP contribution in [0.2, 0.25) is 0 Å². The Kier molecular flexibility index (Phi) is 4.31. The lowest BCUT2D eigenvalue weighted by atomic mass is 9.86. The maximum absolute atomic E-state index is 12.6. The van der Waals surface area contributed by atoms with Crippen molar-refractivity contribution in [2.45, 2.75) is 32.1 Å². The minimum Gasteiger partial charge on any atom is -0.353 e. The number of hydrogen-bond donors (Lipinski definition) is 0. The summed E-state index contributed by atoms with van der Waals surface area (Å²) in [7, 11) is 0. The molecule has 0 radical (unpaired) electrons. The van der Waals surface area contributed by atoms with E-state index in [1.54, 1.807) is 0 Å². The Morgan fingerprint density at radius 2 is 2.00 bits per heavy atom. The quantitative estimate of drug-likeness (QED) is 0.810. The molecule has 0 spiro atoms. The summed E-state index contributed by atoms with van der Waals surface area (Å²) < 4.78 is 1.00. The Labute approximate surface area is 146 Å². The van der Waals surface area contributed by atoms with Crippen LogP contribution in [0, 0.1) is 17.8 Å². The van der Waals surface area contributed by atoms with Gasteiger partial charge >= 0.3 is 0 Å². The molecule has 3 aliphatic rings. The Hall–Kier alpha value is -1.10. The van der Waals surface area contributed by atoms with Crippen molar-refractivity contribution < 1.29 is 4.79 Å².